The number of carbonyl (C=O) groups excluding carboxylic acids is 1. The number of alkyl halides is 3. The second-order valence-corrected chi connectivity index (χ2v) is 4.15. The summed E-state index contributed by atoms with van der Waals surface area (Å²) < 4.78 is 36.1. The van der Waals surface area contributed by atoms with Gasteiger partial charge >= 0.3 is 6.18 Å². The molecule has 0 saturated carbocycles. The van der Waals surface area contributed by atoms with Gasteiger partial charge in [0.1, 0.15) is 0 Å². The minimum absolute atomic E-state index is 0.519. The summed E-state index contributed by atoms with van der Waals surface area (Å²) in [5, 5.41) is -0.519. The van der Waals surface area contributed by atoms with Crippen LogP contribution in [-0.2, 0) is 4.79 Å². The van der Waals surface area contributed by atoms with Crippen LogP contribution in [0.4, 0.5) is 13.2 Å². The van der Waals surface area contributed by atoms with Crippen molar-refractivity contribution in [1.29, 1.82) is 0 Å². The zero-order chi connectivity index (χ0) is 10.1. The lowest BCUT2D eigenvalue weighted by atomic mass is 10.1. The summed E-state index contributed by atoms with van der Waals surface area (Å²) in [4.78, 5) is 11.2. The molecule has 0 aromatic carbocycles. The SMILES string of the molecule is C=C(C(=O)C1CCCS1)C(F)(F)F. The van der Waals surface area contributed by atoms with Gasteiger partial charge in [-0.2, -0.15) is 24.9 Å². The highest BCUT2D eigenvalue weighted by Gasteiger charge is 2.40. The van der Waals surface area contributed by atoms with Crippen LogP contribution in [-0.4, -0.2) is 23.0 Å². The maximum absolute atomic E-state index is 12.0. The van der Waals surface area contributed by atoms with Gasteiger partial charge in [-0.1, -0.05) is 6.58 Å². The second-order valence-electron chi connectivity index (χ2n) is 2.84. The predicted molar refractivity (Wildman–Crippen MR) is 45.7 cm³/mol. The maximum atomic E-state index is 12.0. The van der Waals surface area contributed by atoms with Gasteiger partial charge in [-0.05, 0) is 18.6 Å². The molecule has 1 nitrogen and oxygen atoms in total. The molecule has 0 bridgehead atoms. The zero-order valence-corrected chi connectivity index (χ0v) is 7.67. The molecule has 0 spiro atoms. The van der Waals surface area contributed by atoms with Crippen LogP contribution in [0.2, 0.25) is 0 Å². The van der Waals surface area contributed by atoms with E-state index in [1.54, 1.807) is 0 Å². The fourth-order valence-electron chi connectivity index (χ4n) is 1.12. The number of halogens is 3. The molecule has 1 fully saturated rings. The van der Waals surface area contributed by atoms with Gasteiger partial charge < -0.3 is 0 Å². The molecule has 1 atom stereocenters. The highest BCUT2D eigenvalue weighted by Crippen LogP contribution is 2.33. The van der Waals surface area contributed by atoms with E-state index in [1.165, 1.54) is 11.8 Å². The largest absolute Gasteiger partial charge is 0.419 e. The van der Waals surface area contributed by atoms with E-state index in [-0.39, 0.29) is 0 Å². The maximum Gasteiger partial charge on any atom is 0.419 e. The number of hydrogen-bond acceptors (Lipinski definition) is 2. The average molecular weight is 210 g/mol. The van der Waals surface area contributed by atoms with Crippen LogP contribution in [0, 0.1) is 0 Å². The van der Waals surface area contributed by atoms with Gasteiger partial charge in [0, 0.05) is 0 Å². The summed E-state index contributed by atoms with van der Waals surface area (Å²) in [6, 6.07) is 0. The molecule has 1 unspecified atom stereocenters. The molecule has 0 aliphatic carbocycles. The predicted octanol–water partition coefficient (Wildman–Crippen LogP) is 2.57. The van der Waals surface area contributed by atoms with E-state index in [2.05, 4.69) is 6.58 Å². The Morgan fingerprint density at radius 2 is 2.08 bits per heavy atom. The van der Waals surface area contributed by atoms with Crippen LogP contribution < -0.4 is 0 Å². The number of thioether (sulfide) groups is 1. The van der Waals surface area contributed by atoms with Crippen molar-refractivity contribution >= 4 is 17.5 Å². The molecular formula is C8H9F3OS. The van der Waals surface area contributed by atoms with Crippen LogP contribution in [0.1, 0.15) is 12.8 Å². The Kier molecular flexibility index (Phi) is 3.05. The van der Waals surface area contributed by atoms with Crippen molar-refractivity contribution in [2.24, 2.45) is 0 Å². The fraction of sp³-hybridized carbons (Fsp3) is 0.625. The normalized spacial score (nSPS) is 23.2. The Morgan fingerprint density at radius 1 is 1.46 bits per heavy atom. The first kappa shape index (κ1) is 10.6. The van der Waals surface area contributed by atoms with Crippen LogP contribution in [0.25, 0.3) is 0 Å². The first-order valence-electron chi connectivity index (χ1n) is 3.85. The van der Waals surface area contributed by atoms with Gasteiger partial charge in [-0.3, -0.25) is 4.79 Å². The fourth-order valence-corrected chi connectivity index (χ4v) is 2.36. The number of carbonyl (C=O) groups is 1. The average Bonchev–Trinajstić information content (AvgIpc) is 2.51. The number of rotatable bonds is 2. The van der Waals surface area contributed by atoms with E-state index in [0.717, 1.165) is 12.2 Å². The summed E-state index contributed by atoms with van der Waals surface area (Å²) in [5.41, 5.74) is -1.22. The Balaban J connectivity index is 2.62. The quantitative estimate of drug-likeness (QED) is 0.651. The third kappa shape index (κ3) is 2.49. The molecule has 0 N–H and O–H groups in total. The third-order valence-electron chi connectivity index (χ3n) is 1.86. The Hall–Kier alpha value is -0.450. The summed E-state index contributed by atoms with van der Waals surface area (Å²) in [6.45, 7) is 2.78. The zero-order valence-electron chi connectivity index (χ0n) is 6.86. The summed E-state index contributed by atoms with van der Waals surface area (Å²) in [5.74, 6) is -0.0864. The molecule has 1 rings (SSSR count). The summed E-state index contributed by atoms with van der Waals surface area (Å²) >= 11 is 1.28. The first-order chi connectivity index (χ1) is 5.93. The molecule has 5 heteroatoms. The lowest BCUT2D eigenvalue weighted by Gasteiger charge is -2.12. The van der Waals surface area contributed by atoms with Crippen LogP contribution in [0.5, 0.6) is 0 Å². The second kappa shape index (κ2) is 3.74. The monoisotopic (exact) mass is 210 g/mol. The molecular weight excluding hydrogens is 201 g/mol. The molecule has 1 aliphatic heterocycles. The lowest BCUT2D eigenvalue weighted by molar-refractivity contribution is -0.128. The molecule has 0 amide bonds. The van der Waals surface area contributed by atoms with Crippen molar-refractivity contribution in [2.45, 2.75) is 24.3 Å². The van der Waals surface area contributed by atoms with E-state index in [0.29, 0.717) is 6.42 Å². The van der Waals surface area contributed by atoms with Crippen molar-refractivity contribution in [2.75, 3.05) is 5.75 Å². The van der Waals surface area contributed by atoms with Gasteiger partial charge in [0.05, 0.1) is 10.8 Å². The van der Waals surface area contributed by atoms with Crippen molar-refractivity contribution < 1.29 is 18.0 Å². The van der Waals surface area contributed by atoms with Crippen LogP contribution in [0.3, 0.4) is 0 Å². The van der Waals surface area contributed by atoms with Crippen LogP contribution in [0.15, 0.2) is 12.2 Å². The Labute approximate surface area is 78.4 Å². The molecule has 1 saturated heterocycles. The van der Waals surface area contributed by atoms with Gasteiger partial charge in [-0.15, -0.1) is 0 Å². The topological polar surface area (TPSA) is 17.1 Å². The van der Waals surface area contributed by atoms with E-state index in [4.69, 9.17) is 0 Å². The van der Waals surface area contributed by atoms with Crippen molar-refractivity contribution in [3.8, 4) is 0 Å². The van der Waals surface area contributed by atoms with Crippen molar-refractivity contribution in [1.82, 2.24) is 0 Å². The van der Waals surface area contributed by atoms with Gasteiger partial charge in [0.25, 0.3) is 0 Å². The van der Waals surface area contributed by atoms with E-state index in [1.807, 2.05) is 0 Å². The van der Waals surface area contributed by atoms with Crippen LogP contribution >= 0.6 is 11.8 Å². The van der Waals surface area contributed by atoms with Gasteiger partial charge in [0.15, 0.2) is 5.78 Å². The first-order valence-corrected chi connectivity index (χ1v) is 4.89. The highest BCUT2D eigenvalue weighted by molar-refractivity contribution is 8.00. The number of hydrogen-bond donors (Lipinski definition) is 0. The molecule has 1 heterocycles. The summed E-state index contributed by atoms with van der Waals surface area (Å²) in [6.07, 6.45) is -3.22. The molecule has 0 aromatic heterocycles. The lowest BCUT2D eigenvalue weighted by Crippen LogP contribution is -2.25. The van der Waals surface area contributed by atoms with Gasteiger partial charge in [-0.25, -0.2) is 0 Å². The van der Waals surface area contributed by atoms with E-state index < -0.39 is 22.8 Å². The molecule has 13 heavy (non-hydrogen) atoms. The summed E-state index contributed by atoms with van der Waals surface area (Å²) in [7, 11) is 0. The minimum Gasteiger partial charge on any atom is -0.293 e. The Bertz CT molecular complexity index is 228. The highest BCUT2D eigenvalue weighted by atomic mass is 32.2. The molecule has 74 valence electrons. The smallest absolute Gasteiger partial charge is 0.293 e. The Morgan fingerprint density at radius 3 is 2.46 bits per heavy atom. The number of ketones is 1. The third-order valence-corrected chi connectivity index (χ3v) is 3.24. The molecule has 0 aromatic rings. The minimum atomic E-state index is -4.57. The standard InChI is InChI=1S/C8H9F3OS/c1-5(8(9,10)11)7(12)6-3-2-4-13-6/h6H,1-4H2. The number of allylic oxidation sites excluding steroid dienone is 1. The van der Waals surface area contributed by atoms with E-state index >= 15 is 0 Å². The van der Waals surface area contributed by atoms with Crippen molar-refractivity contribution in [3.63, 3.8) is 0 Å². The van der Waals surface area contributed by atoms with E-state index in [9.17, 15) is 18.0 Å². The van der Waals surface area contributed by atoms with Crippen molar-refractivity contribution in [3.05, 3.63) is 12.2 Å². The number of Topliss-reactive ketones (excluding diaryl/α,β-unsaturated/α-hetero) is 1. The molecule has 0 radical (unpaired) electrons. The molecule has 1 aliphatic rings. The van der Waals surface area contributed by atoms with Gasteiger partial charge in [0.2, 0.25) is 0 Å².